The number of nitrogens with zero attached hydrogens (tertiary/aromatic N) is 3. The normalized spacial score (nSPS) is 10.5. The minimum Gasteiger partial charge on any atom is -0.494 e. The van der Waals surface area contributed by atoms with Crippen LogP contribution in [0.5, 0.6) is 5.75 Å². The summed E-state index contributed by atoms with van der Waals surface area (Å²) in [6.45, 7) is 4.64. The number of anilines is 3. The molecule has 8 nitrogen and oxygen atoms in total. The van der Waals surface area contributed by atoms with Crippen LogP contribution in [0, 0.1) is 6.92 Å². The molecule has 0 atom stereocenters. The topological polar surface area (TPSA) is 112 Å². The average molecular weight is 407 g/mol. The number of hydrogen-bond acceptors (Lipinski definition) is 8. The first-order chi connectivity index (χ1) is 14.5. The molecule has 0 aliphatic heterocycles. The van der Waals surface area contributed by atoms with Gasteiger partial charge in [-0.2, -0.15) is 15.0 Å². The van der Waals surface area contributed by atoms with E-state index in [2.05, 4.69) is 27.2 Å². The summed E-state index contributed by atoms with van der Waals surface area (Å²) >= 11 is 0. The van der Waals surface area contributed by atoms with Crippen molar-refractivity contribution in [3.8, 4) is 5.75 Å². The highest BCUT2D eigenvalue weighted by Crippen LogP contribution is 2.16. The van der Waals surface area contributed by atoms with Gasteiger partial charge in [0.2, 0.25) is 11.9 Å². The first kappa shape index (κ1) is 21.0. The lowest BCUT2D eigenvalue weighted by atomic mass is 10.2. The minimum absolute atomic E-state index is 0.0410. The summed E-state index contributed by atoms with van der Waals surface area (Å²) in [6.07, 6.45) is 2.05. The third kappa shape index (κ3) is 6.16. The van der Waals surface area contributed by atoms with Crippen molar-refractivity contribution in [3.05, 3.63) is 65.5 Å². The van der Waals surface area contributed by atoms with E-state index in [0.717, 1.165) is 29.8 Å². The van der Waals surface area contributed by atoms with E-state index in [1.54, 1.807) is 24.3 Å². The van der Waals surface area contributed by atoms with E-state index in [4.69, 9.17) is 15.2 Å². The van der Waals surface area contributed by atoms with Gasteiger partial charge in [-0.05, 0) is 49.7 Å². The van der Waals surface area contributed by atoms with E-state index >= 15 is 0 Å². The van der Waals surface area contributed by atoms with Crippen molar-refractivity contribution in [3.63, 3.8) is 0 Å². The molecule has 0 aliphatic rings. The van der Waals surface area contributed by atoms with Crippen molar-refractivity contribution < 1.29 is 14.3 Å². The highest BCUT2D eigenvalue weighted by molar-refractivity contribution is 5.89. The van der Waals surface area contributed by atoms with Crippen LogP contribution in [0.4, 0.5) is 17.6 Å². The van der Waals surface area contributed by atoms with Crippen LogP contribution in [-0.4, -0.2) is 27.5 Å². The van der Waals surface area contributed by atoms with Crippen LogP contribution in [-0.2, 0) is 11.3 Å². The van der Waals surface area contributed by atoms with Gasteiger partial charge < -0.3 is 20.5 Å². The summed E-state index contributed by atoms with van der Waals surface area (Å²) in [5, 5.41) is 3.06. The van der Waals surface area contributed by atoms with E-state index in [9.17, 15) is 4.79 Å². The average Bonchev–Trinajstić information content (AvgIpc) is 2.74. The second-order valence-corrected chi connectivity index (χ2v) is 6.73. The number of carbonyl (C=O) groups excluding carboxylic acids is 1. The maximum Gasteiger partial charge on any atom is 0.338 e. The number of aryl methyl sites for hydroxylation is 1. The molecule has 8 heteroatoms. The molecule has 3 aromatic rings. The molecule has 1 heterocycles. The summed E-state index contributed by atoms with van der Waals surface area (Å²) in [5.41, 5.74) is 8.14. The van der Waals surface area contributed by atoms with Gasteiger partial charge in [0.25, 0.3) is 0 Å². The molecule has 156 valence electrons. The molecular formula is C22H25N5O3. The Kier molecular flexibility index (Phi) is 7.15. The predicted molar refractivity (Wildman–Crippen MR) is 115 cm³/mol. The second-order valence-electron chi connectivity index (χ2n) is 6.73. The van der Waals surface area contributed by atoms with Crippen LogP contribution in [0.15, 0.2) is 48.5 Å². The van der Waals surface area contributed by atoms with Gasteiger partial charge in [-0.1, -0.05) is 31.0 Å². The van der Waals surface area contributed by atoms with E-state index in [1.165, 1.54) is 0 Å². The van der Waals surface area contributed by atoms with Gasteiger partial charge in [0.05, 0.1) is 12.2 Å². The number of unbranched alkanes of at least 4 members (excludes halogenated alkanes) is 1. The van der Waals surface area contributed by atoms with Gasteiger partial charge in [-0.15, -0.1) is 0 Å². The van der Waals surface area contributed by atoms with Gasteiger partial charge in [-0.3, -0.25) is 0 Å². The van der Waals surface area contributed by atoms with Crippen molar-refractivity contribution in [1.82, 2.24) is 15.0 Å². The third-order valence-corrected chi connectivity index (χ3v) is 4.20. The van der Waals surface area contributed by atoms with Gasteiger partial charge in [0, 0.05) is 5.69 Å². The Morgan fingerprint density at radius 2 is 1.77 bits per heavy atom. The number of nitrogen functional groups attached to an aromatic ring is 1. The molecule has 0 saturated heterocycles. The molecule has 3 rings (SSSR count). The Balaban J connectivity index is 1.58. The van der Waals surface area contributed by atoms with Crippen molar-refractivity contribution in [2.75, 3.05) is 17.7 Å². The number of hydrogen-bond donors (Lipinski definition) is 2. The van der Waals surface area contributed by atoms with E-state index in [-0.39, 0.29) is 24.3 Å². The summed E-state index contributed by atoms with van der Waals surface area (Å²) < 4.78 is 10.9. The number of nitrogens with one attached hydrogen (secondary N) is 1. The Morgan fingerprint density at radius 1 is 1.03 bits per heavy atom. The number of benzene rings is 2. The summed E-state index contributed by atoms with van der Waals surface area (Å²) in [4.78, 5) is 24.7. The highest BCUT2D eigenvalue weighted by Gasteiger charge is 2.11. The first-order valence-corrected chi connectivity index (χ1v) is 9.77. The fourth-order valence-corrected chi connectivity index (χ4v) is 2.56. The van der Waals surface area contributed by atoms with Crippen molar-refractivity contribution in [1.29, 1.82) is 0 Å². The minimum atomic E-state index is -0.484. The summed E-state index contributed by atoms with van der Waals surface area (Å²) in [7, 11) is 0. The maximum atomic E-state index is 12.3. The Morgan fingerprint density at radius 3 is 2.47 bits per heavy atom. The number of carbonyl (C=O) groups is 1. The largest absolute Gasteiger partial charge is 0.494 e. The zero-order valence-corrected chi connectivity index (χ0v) is 17.1. The zero-order chi connectivity index (χ0) is 21.3. The fourth-order valence-electron chi connectivity index (χ4n) is 2.56. The molecule has 0 radical (unpaired) electrons. The molecule has 0 unspecified atom stereocenters. The molecule has 2 aromatic carbocycles. The number of rotatable bonds is 9. The van der Waals surface area contributed by atoms with Gasteiger partial charge in [0.1, 0.15) is 5.75 Å². The third-order valence-electron chi connectivity index (χ3n) is 4.20. The number of esters is 1. The molecule has 30 heavy (non-hydrogen) atoms. The standard InChI is InChI=1S/C22H25N5O3/c1-3-4-13-29-18-11-7-16(8-12-18)20(28)30-14-19-25-21(23)27-22(26-19)24-17-9-5-15(2)6-10-17/h5-12H,3-4,13-14H2,1-2H3,(H3,23,24,25,26,27). The smallest absolute Gasteiger partial charge is 0.338 e. The number of nitrogens with two attached hydrogens (primary N) is 1. The molecule has 0 saturated carbocycles. The highest BCUT2D eigenvalue weighted by atomic mass is 16.5. The van der Waals surface area contributed by atoms with Crippen LogP contribution in [0.25, 0.3) is 0 Å². The molecule has 0 bridgehead atoms. The summed E-state index contributed by atoms with van der Waals surface area (Å²) in [5.74, 6) is 0.814. The van der Waals surface area contributed by atoms with Crippen LogP contribution in [0.2, 0.25) is 0 Å². The molecule has 0 amide bonds. The fraction of sp³-hybridized carbons (Fsp3) is 0.273. The summed E-state index contributed by atoms with van der Waals surface area (Å²) in [6, 6.07) is 14.6. The molecule has 3 N–H and O–H groups in total. The second kappa shape index (κ2) is 10.2. The first-order valence-electron chi connectivity index (χ1n) is 9.77. The van der Waals surface area contributed by atoms with Crippen LogP contribution in [0.3, 0.4) is 0 Å². The molecule has 0 fully saturated rings. The quantitative estimate of drug-likeness (QED) is 0.404. The van der Waals surface area contributed by atoms with Crippen molar-refractivity contribution in [2.45, 2.75) is 33.3 Å². The lowest BCUT2D eigenvalue weighted by Crippen LogP contribution is -2.11. The van der Waals surface area contributed by atoms with Crippen LogP contribution >= 0.6 is 0 Å². The Bertz CT molecular complexity index is 975. The van der Waals surface area contributed by atoms with Gasteiger partial charge >= 0.3 is 5.97 Å². The molecule has 0 spiro atoms. The zero-order valence-electron chi connectivity index (χ0n) is 17.1. The maximum absolute atomic E-state index is 12.3. The SMILES string of the molecule is CCCCOc1ccc(C(=O)OCc2nc(N)nc(Nc3ccc(C)cc3)n2)cc1. The van der Waals surface area contributed by atoms with Gasteiger partial charge in [-0.25, -0.2) is 4.79 Å². The Hall–Kier alpha value is -3.68. The van der Waals surface area contributed by atoms with E-state index in [0.29, 0.717) is 12.2 Å². The van der Waals surface area contributed by atoms with E-state index < -0.39 is 5.97 Å². The molecule has 0 aliphatic carbocycles. The van der Waals surface area contributed by atoms with Crippen LogP contribution < -0.4 is 15.8 Å². The number of aromatic nitrogens is 3. The monoisotopic (exact) mass is 407 g/mol. The molecule has 1 aromatic heterocycles. The number of ether oxygens (including phenoxy) is 2. The molecular weight excluding hydrogens is 382 g/mol. The lowest BCUT2D eigenvalue weighted by molar-refractivity contribution is 0.0462. The van der Waals surface area contributed by atoms with Gasteiger partial charge in [0.15, 0.2) is 12.4 Å². The van der Waals surface area contributed by atoms with Crippen molar-refractivity contribution in [2.24, 2.45) is 0 Å². The lowest BCUT2D eigenvalue weighted by Gasteiger charge is -2.09. The van der Waals surface area contributed by atoms with Crippen LogP contribution in [0.1, 0.15) is 41.5 Å². The Labute approximate surface area is 175 Å². The van der Waals surface area contributed by atoms with E-state index in [1.807, 2.05) is 31.2 Å². The predicted octanol–water partition coefficient (Wildman–Crippen LogP) is 4.04. The van der Waals surface area contributed by atoms with Crippen molar-refractivity contribution >= 4 is 23.6 Å².